The minimum absolute atomic E-state index is 0.0598. The second kappa shape index (κ2) is 8.05. The summed E-state index contributed by atoms with van der Waals surface area (Å²) in [5.41, 5.74) is 4.47. The van der Waals surface area contributed by atoms with E-state index >= 15 is 0 Å². The normalized spacial score (nSPS) is 15.1. The second-order valence-corrected chi connectivity index (χ2v) is 7.55. The van der Waals surface area contributed by atoms with Crippen molar-refractivity contribution in [3.63, 3.8) is 0 Å². The Balaban J connectivity index is 1.33. The van der Waals surface area contributed by atoms with E-state index in [0.29, 0.717) is 5.92 Å². The highest BCUT2D eigenvalue weighted by molar-refractivity contribution is 5.78. The summed E-state index contributed by atoms with van der Waals surface area (Å²) in [5, 5.41) is 0. The number of H-pyrrole nitrogens is 1. The number of para-hydroxylation sites is 1. The highest BCUT2D eigenvalue weighted by Crippen LogP contribution is 2.28. The molecule has 0 radical (unpaired) electrons. The SMILES string of the molecule is CCc1ccccc1OCC(=O)N1CCC(c2nc3ccc(C)cc3[nH]2)CC1. The third-order valence-corrected chi connectivity index (χ3v) is 5.59. The van der Waals surface area contributed by atoms with Crippen LogP contribution in [0.25, 0.3) is 11.0 Å². The molecule has 1 saturated heterocycles. The molecule has 0 spiro atoms. The van der Waals surface area contributed by atoms with Crippen molar-refractivity contribution in [3.8, 4) is 5.75 Å². The smallest absolute Gasteiger partial charge is 0.260 e. The molecule has 0 saturated carbocycles. The summed E-state index contributed by atoms with van der Waals surface area (Å²) < 4.78 is 5.80. The van der Waals surface area contributed by atoms with Gasteiger partial charge in [0.2, 0.25) is 0 Å². The molecule has 3 aromatic rings. The van der Waals surface area contributed by atoms with Crippen molar-refractivity contribution in [1.29, 1.82) is 0 Å². The Morgan fingerprint density at radius 2 is 2.00 bits per heavy atom. The third-order valence-electron chi connectivity index (χ3n) is 5.59. The number of piperidine rings is 1. The van der Waals surface area contributed by atoms with Gasteiger partial charge in [0.1, 0.15) is 11.6 Å². The van der Waals surface area contributed by atoms with Crippen molar-refractivity contribution in [3.05, 3.63) is 59.4 Å². The number of aryl methyl sites for hydroxylation is 2. The van der Waals surface area contributed by atoms with E-state index in [1.807, 2.05) is 29.2 Å². The fourth-order valence-corrected chi connectivity index (χ4v) is 3.91. The molecular formula is C23H27N3O2. The lowest BCUT2D eigenvalue weighted by molar-refractivity contribution is -0.134. The van der Waals surface area contributed by atoms with E-state index in [0.717, 1.165) is 60.5 Å². The average Bonchev–Trinajstić information content (AvgIpc) is 3.15. The number of fused-ring (bicyclic) bond motifs is 1. The Kier molecular flexibility index (Phi) is 5.33. The number of aromatic amines is 1. The van der Waals surface area contributed by atoms with Crippen LogP contribution < -0.4 is 4.74 Å². The molecule has 146 valence electrons. The first-order chi connectivity index (χ1) is 13.6. The van der Waals surface area contributed by atoms with Gasteiger partial charge in [-0.3, -0.25) is 4.79 Å². The standard InChI is InChI=1S/C23H27N3O2/c1-3-17-6-4-5-7-21(17)28-15-22(27)26-12-10-18(11-13-26)23-24-19-9-8-16(2)14-20(19)25-23/h4-9,14,18H,3,10-13,15H2,1-2H3,(H,24,25). The maximum atomic E-state index is 12.6. The first-order valence-electron chi connectivity index (χ1n) is 10.1. The molecule has 28 heavy (non-hydrogen) atoms. The van der Waals surface area contributed by atoms with Gasteiger partial charge in [-0.2, -0.15) is 0 Å². The van der Waals surface area contributed by atoms with Gasteiger partial charge < -0.3 is 14.6 Å². The van der Waals surface area contributed by atoms with Crippen LogP contribution in [-0.2, 0) is 11.2 Å². The summed E-state index contributed by atoms with van der Waals surface area (Å²) >= 11 is 0. The zero-order chi connectivity index (χ0) is 19.5. The van der Waals surface area contributed by atoms with Gasteiger partial charge >= 0.3 is 0 Å². The van der Waals surface area contributed by atoms with Crippen LogP contribution in [0.15, 0.2) is 42.5 Å². The predicted molar refractivity (Wildman–Crippen MR) is 111 cm³/mol. The highest BCUT2D eigenvalue weighted by Gasteiger charge is 2.26. The zero-order valence-corrected chi connectivity index (χ0v) is 16.6. The molecule has 1 aliphatic heterocycles. The molecule has 1 amide bonds. The van der Waals surface area contributed by atoms with Gasteiger partial charge in [0, 0.05) is 19.0 Å². The number of benzene rings is 2. The van der Waals surface area contributed by atoms with Gasteiger partial charge in [-0.05, 0) is 55.5 Å². The summed E-state index contributed by atoms with van der Waals surface area (Å²) in [6.45, 7) is 5.78. The Hall–Kier alpha value is -2.82. The number of rotatable bonds is 5. The molecular weight excluding hydrogens is 350 g/mol. The van der Waals surface area contributed by atoms with Gasteiger partial charge in [-0.1, -0.05) is 31.2 Å². The minimum atomic E-state index is 0.0598. The number of ether oxygens (including phenoxy) is 1. The van der Waals surface area contributed by atoms with Crippen molar-refractivity contribution < 1.29 is 9.53 Å². The van der Waals surface area contributed by atoms with Gasteiger partial charge in [-0.25, -0.2) is 4.98 Å². The molecule has 5 heteroatoms. The Labute approximate surface area is 165 Å². The molecule has 1 fully saturated rings. The van der Waals surface area contributed by atoms with E-state index in [1.165, 1.54) is 5.56 Å². The van der Waals surface area contributed by atoms with Crippen LogP contribution in [0.2, 0.25) is 0 Å². The van der Waals surface area contributed by atoms with Crippen LogP contribution in [0.1, 0.15) is 42.6 Å². The summed E-state index contributed by atoms with van der Waals surface area (Å²) in [6.07, 6.45) is 2.75. The number of hydrogen-bond acceptors (Lipinski definition) is 3. The van der Waals surface area contributed by atoms with Crippen molar-refractivity contribution in [2.45, 2.75) is 39.0 Å². The number of likely N-dealkylation sites (tertiary alicyclic amines) is 1. The van der Waals surface area contributed by atoms with Crippen molar-refractivity contribution >= 4 is 16.9 Å². The van der Waals surface area contributed by atoms with Crippen molar-refractivity contribution in [2.24, 2.45) is 0 Å². The molecule has 0 unspecified atom stereocenters. The lowest BCUT2D eigenvalue weighted by Crippen LogP contribution is -2.40. The summed E-state index contributed by atoms with van der Waals surface area (Å²) in [7, 11) is 0. The van der Waals surface area contributed by atoms with E-state index in [9.17, 15) is 4.79 Å². The fraction of sp³-hybridized carbons (Fsp3) is 0.391. The molecule has 1 aromatic heterocycles. The molecule has 4 rings (SSSR count). The fourth-order valence-electron chi connectivity index (χ4n) is 3.91. The number of carbonyl (C=O) groups is 1. The molecule has 0 atom stereocenters. The molecule has 0 aliphatic carbocycles. The van der Waals surface area contributed by atoms with Crippen LogP contribution in [0, 0.1) is 6.92 Å². The van der Waals surface area contributed by atoms with Crippen LogP contribution in [0.5, 0.6) is 5.75 Å². The first kappa shape index (κ1) is 18.5. The van der Waals surface area contributed by atoms with Gasteiger partial charge in [0.05, 0.1) is 11.0 Å². The highest BCUT2D eigenvalue weighted by atomic mass is 16.5. The first-order valence-corrected chi connectivity index (χ1v) is 10.1. The maximum absolute atomic E-state index is 12.6. The Bertz CT molecular complexity index is 971. The van der Waals surface area contributed by atoms with E-state index < -0.39 is 0 Å². The molecule has 0 bridgehead atoms. The molecule has 5 nitrogen and oxygen atoms in total. The van der Waals surface area contributed by atoms with Crippen LogP contribution in [0.3, 0.4) is 0 Å². The number of amides is 1. The monoisotopic (exact) mass is 377 g/mol. The number of nitrogens with zero attached hydrogens (tertiary/aromatic N) is 2. The topological polar surface area (TPSA) is 58.2 Å². The number of aromatic nitrogens is 2. The number of nitrogens with one attached hydrogen (secondary N) is 1. The number of carbonyl (C=O) groups excluding carboxylic acids is 1. The van der Waals surface area contributed by atoms with Crippen LogP contribution in [0.4, 0.5) is 0 Å². The lowest BCUT2D eigenvalue weighted by Gasteiger charge is -2.31. The van der Waals surface area contributed by atoms with Gasteiger partial charge in [0.15, 0.2) is 6.61 Å². The van der Waals surface area contributed by atoms with Crippen LogP contribution in [-0.4, -0.2) is 40.5 Å². The maximum Gasteiger partial charge on any atom is 0.260 e. The summed E-state index contributed by atoms with van der Waals surface area (Å²) in [6, 6.07) is 14.2. The lowest BCUT2D eigenvalue weighted by atomic mass is 9.96. The largest absolute Gasteiger partial charge is 0.483 e. The van der Waals surface area contributed by atoms with Crippen LogP contribution >= 0.6 is 0 Å². The van der Waals surface area contributed by atoms with E-state index in [4.69, 9.17) is 9.72 Å². The summed E-state index contributed by atoms with van der Waals surface area (Å²) in [4.78, 5) is 22.7. The van der Waals surface area contributed by atoms with Gasteiger partial charge in [0.25, 0.3) is 5.91 Å². The van der Waals surface area contributed by atoms with Crippen molar-refractivity contribution in [1.82, 2.24) is 14.9 Å². The zero-order valence-electron chi connectivity index (χ0n) is 16.6. The molecule has 1 N–H and O–H groups in total. The summed E-state index contributed by atoms with van der Waals surface area (Å²) in [5.74, 6) is 2.29. The number of imidazole rings is 1. The predicted octanol–water partition coefficient (Wildman–Crippen LogP) is 4.22. The molecule has 2 aromatic carbocycles. The van der Waals surface area contributed by atoms with Gasteiger partial charge in [-0.15, -0.1) is 0 Å². The van der Waals surface area contributed by atoms with Crippen molar-refractivity contribution in [2.75, 3.05) is 19.7 Å². The molecule has 2 heterocycles. The van der Waals surface area contributed by atoms with E-state index in [1.54, 1.807) is 0 Å². The minimum Gasteiger partial charge on any atom is -0.483 e. The third kappa shape index (κ3) is 3.88. The molecule has 1 aliphatic rings. The Morgan fingerprint density at radius 1 is 1.21 bits per heavy atom. The second-order valence-electron chi connectivity index (χ2n) is 7.55. The number of hydrogen-bond donors (Lipinski definition) is 1. The van der Waals surface area contributed by atoms with E-state index in [-0.39, 0.29) is 12.5 Å². The van der Waals surface area contributed by atoms with E-state index in [2.05, 4.69) is 37.0 Å². The average molecular weight is 377 g/mol. The quantitative estimate of drug-likeness (QED) is 0.724. The Morgan fingerprint density at radius 3 is 2.79 bits per heavy atom.